The van der Waals surface area contributed by atoms with Crippen molar-refractivity contribution >= 4 is 17.6 Å². The zero-order chi connectivity index (χ0) is 10.8. The van der Waals surface area contributed by atoms with Crippen molar-refractivity contribution in [1.29, 1.82) is 5.41 Å². The maximum absolute atomic E-state index is 7.50. The molecule has 80 valence electrons. The van der Waals surface area contributed by atoms with Crippen molar-refractivity contribution in [3.8, 4) is 0 Å². The number of aryl methyl sites for hydroxylation is 1. The van der Waals surface area contributed by atoms with E-state index in [1.54, 1.807) is 11.8 Å². The van der Waals surface area contributed by atoms with Crippen LogP contribution in [-0.4, -0.2) is 24.3 Å². The number of benzene rings is 1. The number of nitrogen functional groups attached to an aromatic ring is 1. The van der Waals surface area contributed by atoms with E-state index in [0.29, 0.717) is 5.25 Å². The van der Waals surface area contributed by atoms with E-state index in [9.17, 15) is 0 Å². The summed E-state index contributed by atoms with van der Waals surface area (Å²) >= 11 is 1.75. The summed E-state index contributed by atoms with van der Waals surface area (Å²) < 4.78 is 5.13. The topological polar surface area (TPSA) is 59.1 Å². The second-order valence-corrected chi connectivity index (χ2v) is 5.03. The fraction of sp³-hybridized carbons (Fsp3) is 0.364. The van der Waals surface area contributed by atoms with Gasteiger partial charge in [-0.25, -0.2) is 0 Å². The average molecular weight is 222 g/mol. The van der Waals surface area contributed by atoms with Gasteiger partial charge in [0.15, 0.2) is 0 Å². The van der Waals surface area contributed by atoms with Gasteiger partial charge in [0.05, 0.1) is 18.5 Å². The highest BCUT2D eigenvalue weighted by Gasteiger charge is 2.21. The molecule has 1 aliphatic rings. The predicted molar refractivity (Wildman–Crippen MR) is 62.7 cm³/mol. The van der Waals surface area contributed by atoms with Crippen LogP contribution in [0.4, 0.5) is 0 Å². The zero-order valence-corrected chi connectivity index (χ0v) is 9.43. The predicted octanol–water partition coefficient (Wildman–Crippen LogP) is 1.77. The number of amidine groups is 1. The summed E-state index contributed by atoms with van der Waals surface area (Å²) in [6.45, 7) is 3.65. The van der Waals surface area contributed by atoms with E-state index in [1.807, 2.05) is 19.1 Å². The van der Waals surface area contributed by atoms with Crippen LogP contribution in [0.5, 0.6) is 0 Å². The standard InChI is InChI=1S/C11H14N2OS/c1-7-2-3-9(11(12)13)10(4-7)15-8-5-14-6-8/h2-4,8H,5-6H2,1H3,(H3,12,13). The average Bonchev–Trinajstić information content (AvgIpc) is 2.11. The van der Waals surface area contributed by atoms with Crippen LogP contribution >= 0.6 is 11.8 Å². The number of nitrogens with two attached hydrogens (primary N) is 1. The molecule has 0 unspecified atom stereocenters. The lowest BCUT2D eigenvalue weighted by Crippen LogP contribution is -2.30. The van der Waals surface area contributed by atoms with Crippen LogP contribution in [0.2, 0.25) is 0 Å². The highest BCUT2D eigenvalue weighted by atomic mass is 32.2. The van der Waals surface area contributed by atoms with E-state index < -0.39 is 0 Å². The van der Waals surface area contributed by atoms with E-state index in [1.165, 1.54) is 5.56 Å². The van der Waals surface area contributed by atoms with Gasteiger partial charge in [0, 0.05) is 10.5 Å². The third-order valence-corrected chi connectivity index (χ3v) is 3.53. The maximum atomic E-state index is 7.50. The van der Waals surface area contributed by atoms with Crippen LogP contribution in [0, 0.1) is 12.3 Å². The van der Waals surface area contributed by atoms with Crippen molar-refractivity contribution < 1.29 is 4.74 Å². The number of hydrogen-bond donors (Lipinski definition) is 2. The lowest BCUT2D eigenvalue weighted by molar-refractivity contribution is 0.0455. The summed E-state index contributed by atoms with van der Waals surface area (Å²) in [6.07, 6.45) is 0. The molecule has 0 aliphatic carbocycles. The van der Waals surface area contributed by atoms with Gasteiger partial charge in [-0.1, -0.05) is 6.07 Å². The fourth-order valence-corrected chi connectivity index (χ4v) is 2.66. The van der Waals surface area contributed by atoms with E-state index in [0.717, 1.165) is 23.7 Å². The second kappa shape index (κ2) is 4.24. The van der Waals surface area contributed by atoms with Gasteiger partial charge in [-0.05, 0) is 24.6 Å². The molecule has 0 spiro atoms. The molecule has 4 heteroatoms. The van der Waals surface area contributed by atoms with Gasteiger partial charge >= 0.3 is 0 Å². The van der Waals surface area contributed by atoms with Crippen LogP contribution in [0.1, 0.15) is 11.1 Å². The molecule has 3 nitrogen and oxygen atoms in total. The van der Waals surface area contributed by atoms with E-state index in [-0.39, 0.29) is 5.84 Å². The molecule has 1 aromatic rings. The Morgan fingerprint density at radius 3 is 2.80 bits per heavy atom. The molecule has 0 radical (unpaired) electrons. The summed E-state index contributed by atoms with van der Waals surface area (Å²) in [5.41, 5.74) is 7.57. The summed E-state index contributed by atoms with van der Waals surface area (Å²) in [5, 5.41) is 8.02. The summed E-state index contributed by atoms with van der Waals surface area (Å²) in [6, 6.07) is 5.98. The van der Waals surface area contributed by atoms with Crippen molar-refractivity contribution in [3.63, 3.8) is 0 Å². The molecule has 1 saturated heterocycles. The maximum Gasteiger partial charge on any atom is 0.123 e. The Labute approximate surface area is 93.5 Å². The minimum absolute atomic E-state index is 0.137. The summed E-state index contributed by atoms with van der Waals surface area (Å²) in [4.78, 5) is 1.09. The molecule has 0 bridgehead atoms. The Bertz CT molecular complexity index is 388. The molecule has 1 heterocycles. The third-order valence-electron chi connectivity index (χ3n) is 2.33. The first-order valence-corrected chi connectivity index (χ1v) is 5.74. The van der Waals surface area contributed by atoms with Gasteiger partial charge < -0.3 is 10.5 Å². The van der Waals surface area contributed by atoms with Crippen LogP contribution in [0.25, 0.3) is 0 Å². The largest absolute Gasteiger partial charge is 0.384 e. The van der Waals surface area contributed by atoms with Gasteiger partial charge in [-0.15, -0.1) is 11.8 Å². The molecular formula is C11H14N2OS. The fourth-order valence-electron chi connectivity index (χ4n) is 1.41. The summed E-state index contributed by atoms with van der Waals surface area (Å²) in [7, 11) is 0. The van der Waals surface area contributed by atoms with Crippen LogP contribution < -0.4 is 5.73 Å². The molecule has 2 rings (SSSR count). The molecule has 1 aliphatic heterocycles. The van der Waals surface area contributed by atoms with Crippen molar-refractivity contribution in [2.75, 3.05) is 13.2 Å². The van der Waals surface area contributed by atoms with Crippen molar-refractivity contribution in [1.82, 2.24) is 0 Å². The zero-order valence-electron chi connectivity index (χ0n) is 8.62. The van der Waals surface area contributed by atoms with Gasteiger partial charge in [-0.2, -0.15) is 0 Å². The third kappa shape index (κ3) is 2.33. The van der Waals surface area contributed by atoms with Gasteiger partial charge in [-0.3, -0.25) is 5.41 Å². The minimum Gasteiger partial charge on any atom is -0.384 e. The van der Waals surface area contributed by atoms with Gasteiger partial charge in [0.2, 0.25) is 0 Å². The number of thioether (sulfide) groups is 1. The molecule has 0 saturated carbocycles. The van der Waals surface area contributed by atoms with E-state index in [2.05, 4.69) is 6.07 Å². The first kappa shape index (κ1) is 10.5. The Kier molecular flexibility index (Phi) is 2.98. The van der Waals surface area contributed by atoms with Crippen molar-refractivity contribution in [2.45, 2.75) is 17.1 Å². The SMILES string of the molecule is Cc1ccc(C(=N)N)c(SC2COC2)c1. The van der Waals surface area contributed by atoms with Crippen molar-refractivity contribution in [3.05, 3.63) is 29.3 Å². The molecule has 15 heavy (non-hydrogen) atoms. The molecule has 1 aromatic carbocycles. The van der Waals surface area contributed by atoms with E-state index >= 15 is 0 Å². The van der Waals surface area contributed by atoms with Crippen LogP contribution in [0.3, 0.4) is 0 Å². The highest BCUT2D eigenvalue weighted by Crippen LogP contribution is 2.31. The van der Waals surface area contributed by atoms with E-state index in [4.69, 9.17) is 15.9 Å². The second-order valence-electron chi connectivity index (χ2n) is 3.69. The number of ether oxygens (including phenoxy) is 1. The first-order chi connectivity index (χ1) is 7.16. The lowest BCUT2D eigenvalue weighted by Gasteiger charge is -2.26. The lowest BCUT2D eigenvalue weighted by atomic mass is 10.1. The molecule has 3 N–H and O–H groups in total. The smallest absolute Gasteiger partial charge is 0.123 e. The van der Waals surface area contributed by atoms with Crippen molar-refractivity contribution in [2.24, 2.45) is 5.73 Å². The first-order valence-electron chi connectivity index (χ1n) is 4.86. The molecule has 0 atom stereocenters. The molecule has 1 fully saturated rings. The minimum atomic E-state index is 0.137. The molecular weight excluding hydrogens is 208 g/mol. The number of nitrogens with one attached hydrogen (secondary N) is 1. The molecule has 0 aromatic heterocycles. The van der Waals surface area contributed by atoms with Gasteiger partial charge in [0.1, 0.15) is 5.84 Å². The Morgan fingerprint density at radius 1 is 1.53 bits per heavy atom. The Morgan fingerprint density at radius 2 is 2.27 bits per heavy atom. The summed E-state index contributed by atoms with van der Waals surface area (Å²) in [5.74, 6) is 0.137. The monoisotopic (exact) mass is 222 g/mol. The van der Waals surface area contributed by atoms with Crippen LogP contribution in [-0.2, 0) is 4.74 Å². The number of rotatable bonds is 3. The number of hydrogen-bond acceptors (Lipinski definition) is 3. The van der Waals surface area contributed by atoms with Crippen LogP contribution in [0.15, 0.2) is 23.1 Å². The highest BCUT2D eigenvalue weighted by molar-refractivity contribution is 8.00. The Hall–Kier alpha value is -1.00. The molecule has 0 amide bonds. The normalized spacial score (nSPS) is 16.1. The quantitative estimate of drug-likeness (QED) is 0.605. The Balaban J connectivity index is 2.24. The van der Waals surface area contributed by atoms with Gasteiger partial charge in [0.25, 0.3) is 0 Å².